The smallest absolute Gasteiger partial charge is 0.349 e. The van der Waals surface area contributed by atoms with E-state index in [1.54, 1.807) is 0 Å². The molecule has 0 spiro atoms. The van der Waals surface area contributed by atoms with Gasteiger partial charge in [0, 0.05) is 11.9 Å². The molecule has 6 nitrogen and oxygen atoms in total. The van der Waals surface area contributed by atoms with Gasteiger partial charge >= 0.3 is 12.0 Å². The Morgan fingerprint density at radius 2 is 2.00 bits per heavy atom. The fourth-order valence-electron chi connectivity index (χ4n) is 2.91. The van der Waals surface area contributed by atoms with Crippen molar-refractivity contribution in [3.05, 3.63) is 21.4 Å². The first kappa shape index (κ1) is 19.4. The number of aryl methyl sites for hydroxylation is 1. The number of carbonyl (C=O) groups excluding carboxylic acids is 3. The highest BCUT2D eigenvalue weighted by molar-refractivity contribution is 7.14. The molecule has 0 unspecified atom stereocenters. The Kier molecular flexibility index (Phi) is 5.87. The molecule has 25 heavy (non-hydrogen) atoms. The molecule has 1 aliphatic rings. The molecule has 2 atom stereocenters. The van der Waals surface area contributed by atoms with Gasteiger partial charge in [-0.1, -0.05) is 20.8 Å². The first-order valence-electron chi connectivity index (χ1n) is 8.47. The minimum absolute atomic E-state index is 0.243. The molecule has 3 amide bonds. The van der Waals surface area contributed by atoms with E-state index in [1.807, 2.05) is 6.07 Å². The van der Waals surface area contributed by atoms with E-state index in [2.05, 4.69) is 31.4 Å². The Labute approximate surface area is 152 Å². The number of urea groups is 1. The number of nitrogens with one attached hydrogen (secondary N) is 2. The molecule has 2 N–H and O–H groups in total. The van der Waals surface area contributed by atoms with Crippen LogP contribution in [-0.4, -0.2) is 31.1 Å². The van der Waals surface area contributed by atoms with E-state index in [9.17, 15) is 14.4 Å². The minimum Gasteiger partial charge on any atom is -0.448 e. The van der Waals surface area contributed by atoms with E-state index in [1.165, 1.54) is 35.7 Å². The van der Waals surface area contributed by atoms with Crippen LogP contribution in [0.25, 0.3) is 0 Å². The zero-order valence-electron chi connectivity index (χ0n) is 15.4. The molecular formula is C18H26N2O4S. The van der Waals surface area contributed by atoms with Gasteiger partial charge in [0.1, 0.15) is 4.88 Å². The molecule has 7 heteroatoms. The van der Waals surface area contributed by atoms with Crippen LogP contribution in [0.15, 0.2) is 6.07 Å². The van der Waals surface area contributed by atoms with Crippen LogP contribution in [0.3, 0.4) is 0 Å². The number of ether oxygens (including phenoxy) is 1. The van der Waals surface area contributed by atoms with Gasteiger partial charge in [-0.05, 0) is 49.1 Å². The number of hydrogen-bond donors (Lipinski definition) is 2. The van der Waals surface area contributed by atoms with E-state index >= 15 is 0 Å². The highest BCUT2D eigenvalue weighted by Gasteiger charge is 2.31. The highest BCUT2D eigenvalue weighted by Crippen LogP contribution is 2.40. The fourth-order valence-corrected chi connectivity index (χ4v) is 4.00. The van der Waals surface area contributed by atoms with Gasteiger partial charge in [0.25, 0.3) is 5.91 Å². The molecule has 0 aliphatic heterocycles. The van der Waals surface area contributed by atoms with Crippen LogP contribution in [0.2, 0.25) is 0 Å². The van der Waals surface area contributed by atoms with Gasteiger partial charge in [0.2, 0.25) is 0 Å². The summed E-state index contributed by atoms with van der Waals surface area (Å²) in [5.74, 6) is -0.580. The summed E-state index contributed by atoms with van der Waals surface area (Å²) in [6, 6.07) is 1.26. The SMILES string of the molecule is CNC(=O)NC(=O)[C@H](C)OC(=O)c1cc2c(s1)CC[C@@H](C(C)(C)C)C2. The van der Waals surface area contributed by atoms with Gasteiger partial charge < -0.3 is 10.1 Å². The molecular weight excluding hydrogens is 340 g/mol. The number of fused-ring (bicyclic) bond motifs is 1. The molecule has 0 fully saturated rings. The maximum Gasteiger partial charge on any atom is 0.349 e. The number of hydrogen-bond acceptors (Lipinski definition) is 5. The first-order chi connectivity index (χ1) is 11.6. The average Bonchev–Trinajstić information content (AvgIpc) is 2.96. The second-order valence-corrected chi connectivity index (χ2v) is 8.62. The van der Waals surface area contributed by atoms with Crippen LogP contribution >= 0.6 is 11.3 Å². The third-order valence-corrected chi connectivity index (χ3v) is 5.84. The van der Waals surface area contributed by atoms with E-state index in [0.29, 0.717) is 10.8 Å². The van der Waals surface area contributed by atoms with Gasteiger partial charge in [-0.3, -0.25) is 10.1 Å². The highest BCUT2D eigenvalue weighted by atomic mass is 32.1. The Hall–Kier alpha value is -1.89. The van der Waals surface area contributed by atoms with Gasteiger partial charge in [0.05, 0.1) is 0 Å². The monoisotopic (exact) mass is 366 g/mol. The predicted molar refractivity (Wildman–Crippen MR) is 96.8 cm³/mol. The van der Waals surface area contributed by atoms with Crippen LogP contribution < -0.4 is 10.6 Å². The number of carbonyl (C=O) groups is 3. The van der Waals surface area contributed by atoms with Crippen molar-refractivity contribution in [2.24, 2.45) is 11.3 Å². The lowest BCUT2D eigenvalue weighted by atomic mass is 9.72. The third-order valence-electron chi connectivity index (χ3n) is 4.63. The lowest BCUT2D eigenvalue weighted by molar-refractivity contribution is -0.127. The van der Waals surface area contributed by atoms with E-state index in [4.69, 9.17) is 4.74 Å². The summed E-state index contributed by atoms with van der Waals surface area (Å²) >= 11 is 1.44. The topological polar surface area (TPSA) is 84.5 Å². The van der Waals surface area contributed by atoms with Crippen molar-refractivity contribution in [3.8, 4) is 0 Å². The molecule has 0 radical (unpaired) electrons. The van der Waals surface area contributed by atoms with Crippen molar-refractivity contribution in [1.29, 1.82) is 0 Å². The lowest BCUT2D eigenvalue weighted by Crippen LogP contribution is -2.43. The molecule has 1 aromatic rings. The van der Waals surface area contributed by atoms with Crippen molar-refractivity contribution in [2.75, 3.05) is 7.05 Å². The van der Waals surface area contributed by atoms with Crippen LogP contribution in [0, 0.1) is 11.3 Å². The van der Waals surface area contributed by atoms with Gasteiger partial charge in [-0.25, -0.2) is 9.59 Å². The minimum atomic E-state index is -1.04. The van der Waals surface area contributed by atoms with E-state index in [-0.39, 0.29) is 5.41 Å². The number of amides is 3. The number of imide groups is 1. The maximum absolute atomic E-state index is 12.3. The van der Waals surface area contributed by atoms with Gasteiger partial charge in [0.15, 0.2) is 6.10 Å². The lowest BCUT2D eigenvalue weighted by Gasteiger charge is -2.33. The van der Waals surface area contributed by atoms with Crippen molar-refractivity contribution in [1.82, 2.24) is 10.6 Å². The van der Waals surface area contributed by atoms with Crippen molar-refractivity contribution < 1.29 is 19.1 Å². The summed E-state index contributed by atoms with van der Waals surface area (Å²) in [4.78, 5) is 37.0. The quantitative estimate of drug-likeness (QED) is 0.806. The number of thiophene rings is 1. The number of rotatable bonds is 3. The largest absolute Gasteiger partial charge is 0.448 e. The maximum atomic E-state index is 12.3. The normalized spacial score (nSPS) is 18.0. The average molecular weight is 366 g/mol. The molecule has 0 saturated carbocycles. The summed E-state index contributed by atoms with van der Waals surface area (Å²) < 4.78 is 5.19. The Balaban J connectivity index is 2.01. The fraction of sp³-hybridized carbons (Fsp3) is 0.611. The zero-order valence-corrected chi connectivity index (χ0v) is 16.2. The van der Waals surface area contributed by atoms with Gasteiger partial charge in [-0.2, -0.15) is 0 Å². The summed E-state index contributed by atoms with van der Waals surface area (Å²) in [6.45, 7) is 8.18. The van der Waals surface area contributed by atoms with Crippen LogP contribution in [0.1, 0.15) is 54.2 Å². The molecule has 1 heterocycles. The summed E-state index contributed by atoms with van der Waals surface area (Å²) in [7, 11) is 1.40. The molecule has 1 aromatic heterocycles. The first-order valence-corrected chi connectivity index (χ1v) is 9.28. The second-order valence-electron chi connectivity index (χ2n) is 7.48. The molecule has 0 bridgehead atoms. The standard InChI is InChI=1S/C18H26N2O4S/c1-10(15(21)20-17(23)19-5)24-16(22)14-9-11-8-12(18(2,3)4)6-7-13(11)25-14/h9-10,12H,6-8H2,1-5H3,(H2,19,20,21,23)/t10-,12+/m0/s1. The molecule has 2 rings (SSSR count). The van der Waals surface area contributed by atoms with E-state index in [0.717, 1.165) is 19.3 Å². The van der Waals surface area contributed by atoms with Crippen LogP contribution in [0.4, 0.5) is 4.79 Å². The summed E-state index contributed by atoms with van der Waals surface area (Å²) in [5.41, 5.74) is 1.46. The van der Waals surface area contributed by atoms with Crippen LogP contribution in [0.5, 0.6) is 0 Å². The molecule has 138 valence electrons. The van der Waals surface area contributed by atoms with Crippen molar-refractivity contribution in [3.63, 3.8) is 0 Å². The predicted octanol–water partition coefficient (Wildman–Crippen LogP) is 2.90. The summed E-state index contributed by atoms with van der Waals surface area (Å²) in [5, 5.41) is 4.37. The van der Waals surface area contributed by atoms with Crippen molar-refractivity contribution >= 4 is 29.2 Å². The number of esters is 1. The zero-order chi connectivity index (χ0) is 18.8. The molecule has 0 saturated heterocycles. The van der Waals surface area contributed by atoms with Crippen molar-refractivity contribution in [2.45, 2.75) is 53.1 Å². The Morgan fingerprint density at radius 1 is 1.32 bits per heavy atom. The third kappa shape index (κ3) is 4.81. The van der Waals surface area contributed by atoms with Gasteiger partial charge in [-0.15, -0.1) is 11.3 Å². The summed E-state index contributed by atoms with van der Waals surface area (Å²) in [6.07, 6.45) is 2.03. The van der Waals surface area contributed by atoms with Crippen LogP contribution in [-0.2, 0) is 22.4 Å². The molecule has 1 aliphatic carbocycles. The Bertz CT molecular complexity index is 675. The van der Waals surface area contributed by atoms with E-state index < -0.39 is 24.0 Å². The Morgan fingerprint density at radius 3 is 2.60 bits per heavy atom. The molecule has 0 aromatic carbocycles. The second kappa shape index (κ2) is 7.56.